The molecule has 0 heterocycles. The van der Waals surface area contributed by atoms with Gasteiger partial charge in [0.1, 0.15) is 6.04 Å². The van der Waals surface area contributed by atoms with Crippen molar-refractivity contribution in [3.8, 4) is 0 Å². The molecule has 0 radical (unpaired) electrons. The summed E-state index contributed by atoms with van der Waals surface area (Å²) in [6.07, 6.45) is 1.45. The van der Waals surface area contributed by atoms with Gasteiger partial charge in [0, 0.05) is 6.04 Å². The molecule has 0 rings (SSSR count). The Morgan fingerprint density at radius 3 is 2.50 bits per heavy atom. The quantitative estimate of drug-likeness (QED) is 0.521. The van der Waals surface area contributed by atoms with Crippen LogP contribution < -0.4 is 10.6 Å². The van der Waals surface area contributed by atoms with E-state index in [0.717, 1.165) is 6.42 Å². The first-order valence-electron chi connectivity index (χ1n) is 6.30. The SMILES string of the molecule is CCCNC(CCSCC(=O)NC(C)C)C(=O)O. The smallest absolute Gasteiger partial charge is 0.320 e. The molecule has 1 unspecified atom stereocenters. The van der Waals surface area contributed by atoms with Crippen LogP contribution in [0, 0.1) is 0 Å². The Morgan fingerprint density at radius 1 is 1.33 bits per heavy atom. The van der Waals surface area contributed by atoms with E-state index in [1.807, 2.05) is 20.8 Å². The largest absolute Gasteiger partial charge is 0.480 e. The summed E-state index contributed by atoms with van der Waals surface area (Å²) in [4.78, 5) is 22.3. The maximum Gasteiger partial charge on any atom is 0.320 e. The van der Waals surface area contributed by atoms with Crippen molar-refractivity contribution >= 4 is 23.6 Å². The highest BCUT2D eigenvalue weighted by Crippen LogP contribution is 2.05. The fourth-order valence-electron chi connectivity index (χ4n) is 1.36. The predicted octanol–water partition coefficient (Wildman–Crippen LogP) is 1.09. The Balaban J connectivity index is 3.72. The van der Waals surface area contributed by atoms with E-state index in [1.165, 1.54) is 11.8 Å². The highest BCUT2D eigenvalue weighted by molar-refractivity contribution is 7.99. The Hall–Kier alpha value is -0.750. The second-order valence-corrected chi connectivity index (χ2v) is 5.51. The van der Waals surface area contributed by atoms with Crippen LogP contribution >= 0.6 is 11.8 Å². The van der Waals surface area contributed by atoms with E-state index < -0.39 is 12.0 Å². The number of nitrogens with one attached hydrogen (secondary N) is 2. The molecule has 0 aromatic carbocycles. The number of hydrogen-bond donors (Lipinski definition) is 3. The molecule has 0 saturated carbocycles. The van der Waals surface area contributed by atoms with Gasteiger partial charge in [0.25, 0.3) is 0 Å². The standard InChI is InChI=1S/C12H24N2O3S/c1-4-6-13-10(12(16)17)5-7-18-8-11(15)14-9(2)3/h9-10,13H,4-8H2,1-3H3,(H,14,15)(H,16,17). The van der Waals surface area contributed by atoms with Crippen molar-refractivity contribution in [2.24, 2.45) is 0 Å². The molecule has 0 aliphatic carbocycles. The van der Waals surface area contributed by atoms with Crippen LogP contribution in [0.2, 0.25) is 0 Å². The van der Waals surface area contributed by atoms with E-state index in [9.17, 15) is 9.59 Å². The van der Waals surface area contributed by atoms with Gasteiger partial charge in [0.2, 0.25) is 5.91 Å². The molecule has 0 bridgehead atoms. The van der Waals surface area contributed by atoms with Gasteiger partial charge >= 0.3 is 5.97 Å². The van der Waals surface area contributed by atoms with Crippen LogP contribution in [0.15, 0.2) is 0 Å². The van der Waals surface area contributed by atoms with Gasteiger partial charge in [-0.1, -0.05) is 6.92 Å². The Bertz CT molecular complexity index is 260. The molecule has 0 aliphatic heterocycles. The summed E-state index contributed by atoms with van der Waals surface area (Å²) in [5.41, 5.74) is 0. The third kappa shape index (κ3) is 9.30. The summed E-state index contributed by atoms with van der Waals surface area (Å²) in [5, 5.41) is 14.7. The van der Waals surface area contributed by atoms with Crippen LogP contribution in [0.1, 0.15) is 33.6 Å². The lowest BCUT2D eigenvalue weighted by molar-refractivity contribution is -0.139. The Morgan fingerprint density at radius 2 is 2.00 bits per heavy atom. The first-order chi connectivity index (χ1) is 8.47. The number of hydrogen-bond acceptors (Lipinski definition) is 4. The van der Waals surface area contributed by atoms with Gasteiger partial charge in [0.05, 0.1) is 5.75 Å². The second-order valence-electron chi connectivity index (χ2n) is 4.41. The molecule has 18 heavy (non-hydrogen) atoms. The van der Waals surface area contributed by atoms with Gasteiger partial charge in [-0.15, -0.1) is 0 Å². The van der Waals surface area contributed by atoms with Gasteiger partial charge in [-0.25, -0.2) is 0 Å². The molecule has 5 nitrogen and oxygen atoms in total. The molecule has 6 heteroatoms. The molecule has 0 saturated heterocycles. The number of carbonyl (C=O) groups excluding carboxylic acids is 1. The van der Waals surface area contributed by atoms with Gasteiger partial charge in [-0.05, 0) is 39.0 Å². The predicted molar refractivity (Wildman–Crippen MR) is 74.9 cm³/mol. The number of thioether (sulfide) groups is 1. The molecule has 0 aromatic heterocycles. The van der Waals surface area contributed by atoms with Crippen LogP contribution in [-0.4, -0.2) is 47.1 Å². The van der Waals surface area contributed by atoms with Crippen molar-refractivity contribution in [3.05, 3.63) is 0 Å². The third-order valence-corrected chi connectivity index (χ3v) is 3.16. The lowest BCUT2D eigenvalue weighted by atomic mass is 10.2. The molecule has 0 aromatic rings. The van der Waals surface area contributed by atoms with Crippen molar-refractivity contribution in [1.29, 1.82) is 0 Å². The van der Waals surface area contributed by atoms with E-state index in [1.54, 1.807) is 0 Å². The van der Waals surface area contributed by atoms with Crippen LogP contribution in [0.3, 0.4) is 0 Å². The molecule has 0 spiro atoms. The maximum absolute atomic E-state index is 11.3. The summed E-state index contributed by atoms with van der Waals surface area (Å²) >= 11 is 1.47. The Kier molecular flexibility index (Phi) is 9.77. The fraction of sp³-hybridized carbons (Fsp3) is 0.833. The zero-order valence-corrected chi connectivity index (χ0v) is 12.2. The fourth-order valence-corrected chi connectivity index (χ4v) is 2.18. The van der Waals surface area contributed by atoms with Crippen LogP contribution in [0.5, 0.6) is 0 Å². The minimum atomic E-state index is -0.823. The number of carboxylic acid groups (broad SMARTS) is 1. The van der Waals surface area contributed by atoms with Gasteiger partial charge < -0.3 is 15.7 Å². The van der Waals surface area contributed by atoms with Crippen LogP contribution in [0.25, 0.3) is 0 Å². The van der Waals surface area contributed by atoms with Gasteiger partial charge in [0.15, 0.2) is 0 Å². The highest BCUT2D eigenvalue weighted by atomic mass is 32.2. The van der Waals surface area contributed by atoms with E-state index >= 15 is 0 Å². The van der Waals surface area contributed by atoms with Crippen molar-refractivity contribution in [1.82, 2.24) is 10.6 Å². The number of carbonyl (C=O) groups is 2. The first-order valence-corrected chi connectivity index (χ1v) is 7.46. The van der Waals surface area contributed by atoms with Crippen molar-refractivity contribution < 1.29 is 14.7 Å². The van der Waals surface area contributed by atoms with Gasteiger partial charge in [-0.2, -0.15) is 11.8 Å². The number of amides is 1. The molecule has 0 aliphatic rings. The lowest BCUT2D eigenvalue weighted by Crippen LogP contribution is -2.37. The normalized spacial score (nSPS) is 12.4. The minimum absolute atomic E-state index is 0.00314. The van der Waals surface area contributed by atoms with Crippen molar-refractivity contribution in [3.63, 3.8) is 0 Å². The van der Waals surface area contributed by atoms with E-state index in [4.69, 9.17) is 5.11 Å². The second kappa shape index (κ2) is 10.2. The summed E-state index contributed by atoms with van der Waals surface area (Å²) in [5.74, 6) is 0.233. The van der Waals surface area contributed by atoms with E-state index in [-0.39, 0.29) is 11.9 Å². The zero-order valence-electron chi connectivity index (χ0n) is 11.4. The van der Waals surface area contributed by atoms with E-state index in [2.05, 4.69) is 10.6 Å². The molecule has 0 fully saturated rings. The van der Waals surface area contributed by atoms with Crippen molar-refractivity contribution in [2.75, 3.05) is 18.1 Å². The summed E-state index contributed by atoms with van der Waals surface area (Å²) < 4.78 is 0. The minimum Gasteiger partial charge on any atom is -0.480 e. The monoisotopic (exact) mass is 276 g/mol. The maximum atomic E-state index is 11.3. The lowest BCUT2D eigenvalue weighted by Gasteiger charge is -2.13. The number of aliphatic carboxylic acids is 1. The molecule has 106 valence electrons. The third-order valence-electron chi connectivity index (χ3n) is 2.17. The molecular weight excluding hydrogens is 252 g/mol. The van der Waals surface area contributed by atoms with Crippen LogP contribution in [-0.2, 0) is 9.59 Å². The molecule has 1 amide bonds. The number of rotatable bonds is 10. The van der Waals surface area contributed by atoms with Gasteiger partial charge in [-0.3, -0.25) is 9.59 Å². The topological polar surface area (TPSA) is 78.4 Å². The summed E-state index contributed by atoms with van der Waals surface area (Å²) in [6, 6.07) is -0.360. The molecular formula is C12H24N2O3S. The van der Waals surface area contributed by atoms with Crippen LogP contribution in [0.4, 0.5) is 0 Å². The molecule has 1 atom stereocenters. The highest BCUT2D eigenvalue weighted by Gasteiger charge is 2.15. The molecule has 3 N–H and O–H groups in total. The zero-order chi connectivity index (χ0) is 14.0. The summed E-state index contributed by atoms with van der Waals surface area (Å²) in [7, 11) is 0. The average Bonchev–Trinajstić information content (AvgIpc) is 2.26. The number of carboxylic acids is 1. The van der Waals surface area contributed by atoms with E-state index in [0.29, 0.717) is 24.5 Å². The Labute approximate surface area is 113 Å². The average molecular weight is 276 g/mol. The summed E-state index contributed by atoms with van der Waals surface area (Å²) in [6.45, 7) is 6.53. The first kappa shape index (κ1) is 17.2. The van der Waals surface area contributed by atoms with Crippen molar-refractivity contribution in [2.45, 2.75) is 45.7 Å².